The van der Waals surface area contributed by atoms with Gasteiger partial charge in [-0.05, 0) is 12.0 Å². The van der Waals surface area contributed by atoms with Crippen LogP contribution < -0.4 is 0 Å². The Morgan fingerprint density at radius 1 is 1.24 bits per heavy atom. The fraction of sp³-hybridized carbons (Fsp3) is 0.357. The van der Waals surface area contributed by atoms with Crippen molar-refractivity contribution >= 4 is 0 Å². The lowest BCUT2D eigenvalue weighted by Crippen LogP contribution is -2.09. The van der Waals surface area contributed by atoms with E-state index in [1.165, 1.54) is 0 Å². The molecule has 0 saturated carbocycles. The molecule has 2 aromatic rings. The molecule has 0 aliphatic heterocycles. The summed E-state index contributed by atoms with van der Waals surface area (Å²) in [5.74, 6) is 0.517. The molecular formula is C14H18N2O. The molecule has 1 N–H and O–H groups in total. The van der Waals surface area contributed by atoms with Gasteiger partial charge in [0, 0.05) is 12.1 Å². The average Bonchev–Trinajstić information content (AvgIpc) is 2.72. The van der Waals surface area contributed by atoms with E-state index in [2.05, 4.69) is 18.9 Å². The Kier molecular flexibility index (Phi) is 3.59. The molecule has 1 heterocycles. The maximum Gasteiger partial charge on any atom is 0.0926 e. The number of aliphatic hydroxyl groups excluding tert-OH is 1. The zero-order valence-corrected chi connectivity index (χ0v) is 10.3. The van der Waals surface area contributed by atoms with Crippen LogP contribution in [0.1, 0.15) is 19.5 Å². The number of hydrogen-bond donors (Lipinski definition) is 1. The smallest absolute Gasteiger partial charge is 0.0926 e. The van der Waals surface area contributed by atoms with E-state index < -0.39 is 0 Å². The van der Waals surface area contributed by atoms with E-state index in [1.807, 2.05) is 41.1 Å². The second-order valence-electron chi connectivity index (χ2n) is 4.62. The summed E-state index contributed by atoms with van der Waals surface area (Å²) in [6.45, 7) is 5.16. The third-order valence-electron chi connectivity index (χ3n) is 2.63. The molecule has 17 heavy (non-hydrogen) atoms. The average molecular weight is 230 g/mol. The first-order valence-corrected chi connectivity index (χ1v) is 5.93. The minimum absolute atomic E-state index is 0.0343. The SMILES string of the molecule is CC(C)Cn1nc(-c2ccccc2)cc1CO. The van der Waals surface area contributed by atoms with Gasteiger partial charge >= 0.3 is 0 Å². The van der Waals surface area contributed by atoms with Crippen LogP contribution in [-0.2, 0) is 13.2 Å². The van der Waals surface area contributed by atoms with Gasteiger partial charge in [-0.1, -0.05) is 44.2 Å². The molecule has 0 fully saturated rings. The van der Waals surface area contributed by atoms with Crippen LogP contribution >= 0.6 is 0 Å². The molecule has 0 bridgehead atoms. The van der Waals surface area contributed by atoms with Crippen LogP contribution in [0.3, 0.4) is 0 Å². The summed E-state index contributed by atoms with van der Waals surface area (Å²) in [5.41, 5.74) is 2.89. The lowest BCUT2D eigenvalue weighted by atomic mass is 10.1. The highest BCUT2D eigenvalue weighted by Gasteiger charge is 2.09. The maximum atomic E-state index is 9.33. The van der Waals surface area contributed by atoms with Gasteiger partial charge < -0.3 is 5.11 Å². The molecule has 0 saturated heterocycles. The Morgan fingerprint density at radius 2 is 1.94 bits per heavy atom. The van der Waals surface area contributed by atoms with Gasteiger partial charge in [-0.15, -0.1) is 0 Å². The molecule has 3 nitrogen and oxygen atoms in total. The van der Waals surface area contributed by atoms with Gasteiger partial charge in [0.05, 0.1) is 18.0 Å². The lowest BCUT2D eigenvalue weighted by Gasteiger charge is -2.07. The van der Waals surface area contributed by atoms with Crippen molar-refractivity contribution in [3.63, 3.8) is 0 Å². The second kappa shape index (κ2) is 5.15. The van der Waals surface area contributed by atoms with Crippen molar-refractivity contribution in [2.45, 2.75) is 27.0 Å². The molecule has 3 heteroatoms. The van der Waals surface area contributed by atoms with E-state index in [0.717, 1.165) is 23.5 Å². The van der Waals surface area contributed by atoms with Crippen molar-refractivity contribution in [2.75, 3.05) is 0 Å². The van der Waals surface area contributed by atoms with Gasteiger partial charge in [0.2, 0.25) is 0 Å². The minimum Gasteiger partial charge on any atom is -0.390 e. The number of nitrogens with zero attached hydrogens (tertiary/aromatic N) is 2. The summed E-state index contributed by atoms with van der Waals surface area (Å²) in [6, 6.07) is 12.0. The van der Waals surface area contributed by atoms with E-state index in [9.17, 15) is 5.11 Å². The van der Waals surface area contributed by atoms with Gasteiger partial charge in [-0.2, -0.15) is 5.10 Å². The van der Waals surface area contributed by atoms with Crippen molar-refractivity contribution in [3.8, 4) is 11.3 Å². The lowest BCUT2D eigenvalue weighted by molar-refractivity contribution is 0.264. The summed E-state index contributed by atoms with van der Waals surface area (Å²) in [4.78, 5) is 0. The molecule has 0 amide bonds. The third kappa shape index (κ3) is 2.74. The van der Waals surface area contributed by atoms with Crippen molar-refractivity contribution in [1.29, 1.82) is 0 Å². The summed E-state index contributed by atoms with van der Waals surface area (Å²) in [7, 11) is 0. The fourth-order valence-electron chi connectivity index (χ4n) is 1.84. The van der Waals surface area contributed by atoms with Crippen molar-refractivity contribution in [2.24, 2.45) is 5.92 Å². The van der Waals surface area contributed by atoms with E-state index in [0.29, 0.717) is 5.92 Å². The molecule has 0 atom stereocenters. The van der Waals surface area contributed by atoms with Crippen LogP contribution in [0.5, 0.6) is 0 Å². The zero-order valence-electron chi connectivity index (χ0n) is 10.3. The van der Waals surface area contributed by atoms with E-state index >= 15 is 0 Å². The molecule has 90 valence electrons. The number of aliphatic hydroxyl groups is 1. The molecule has 0 radical (unpaired) electrons. The maximum absolute atomic E-state index is 9.33. The van der Waals surface area contributed by atoms with E-state index in [4.69, 9.17) is 0 Å². The van der Waals surface area contributed by atoms with Gasteiger partial charge in [0.1, 0.15) is 0 Å². The van der Waals surface area contributed by atoms with E-state index in [-0.39, 0.29) is 6.61 Å². The van der Waals surface area contributed by atoms with Crippen LogP contribution in [0.2, 0.25) is 0 Å². The number of aromatic nitrogens is 2. The highest BCUT2D eigenvalue weighted by atomic mass is 16.3. The van der Waals surface area contributed by atoms with Gasteiger partial charge in [0.25, 0.3) is 0 Å². The first kappa shape index (κ1) is 11.9. The highest BCUT2D eigenvalue weighted by Crippen LogP contribution is 2.19. The Bertz CT molecular complexity index is 474. The molecule has 0 unspecified atom stereocenters. The Hall–Kier alpha value is -1.61. The molecule has 1 aromatic carbocycles. The topological polar surface area (TPSA) is 38.0 Å². The van der Waals surface area contributed by atoms with Gasteiger partial charge in [-0.3, -0.25) is 4.68 Å². The number of hydrogen-bond acceptors (Lipinski definition) is 2. The van der Waals surface area contributed by atoms with Crippen LogP contribution in [-0.4, -0.2) is 14.9 Å². The molecule has 2 rings (SSSR count). The van der Waals surface area contributed by atoms with Crippen LogP contribution in [0, 0.1) is 5.92 Å². The molecular weight excluding hydrogens is 212 g/mol. The first-order chi connectivity index (χ1) is 8.20. The Balaban J connectivity index is 2.34. The summed E-state index contributed by atoms with van der Waals surface area (Å²) >= 11 is 0. The largest absolute Gasteiger partial charge is 0.390 e. The van der Waals surface area contributed by atoms with Crippen molar-refractivity contribution in [3.05, 3.63) is 42.1 Å². The molecule has 0 aliphatic carbocycles. The number of rotatable bonds is 4. The van der Waals surface area contributed by atoms with Gasteiger partial charge in [0.15, 0.2) is 0 Å². The summed E-state index contributed by atoms with van der Waals surface area (Å²) in [6.07, 6.45) is 0. The minimum atomic E-state index is 0.0343. The first-order valence-electron chi connectivity index (χ1n) is 5.93. The Morgan fingerprint density at radius 3 is 2.53 bits per heavy atom. The quantitative estimate of drug-likeness (QED) is 0.877. The standard InChI is InChI=1S/C14H18N2O/c1-11(2)9-16-13(10-17)8-14(15-16)12-6-4-3-5-7-12/h3-8,11,17H,9-10H2,1-2H3. The molecule has 1 aromatic heterocycles. The van der Waals surface area contributed by atoms with Crippen LogP contribution in [0.25, 0.3) is 11.3 Å². The van der Waals surface area contributed by atoms with Crippen LogP contribution in [0.15, 0.2) is 36.4 Å². The Labute approximate surface area is 102 Å². The van der Waals surface area contributed by atoms with Gasteiger partial charge in [-0.25, -0.2) is 0 Å². The van der Waals surface area contributed by atoms with E-state index in [1.54, 1.807) is 0 Å². The molecule has 0 spiro atoms. The highest BCUT2D eigenvalue weighted by molar-refractivity contribution is 5.59. The fourth-order valence-corrected chi connectivity index (χ4v) is 1.84. The monoisotopic (exact) mass is 230 g/mol. The summed E-state index contributed by atoms with van der Waals surface area (Å²) < 4.78 is 1.90. The predicted molar refractivity (Wildman–Crippen MR) is 68.4 cm³/mol. The van der Waals surface area contributed by atoms with Crippen molar-refractivity contribution < 1.29 is 5.11 Å². The second-order valence-corrected chi connectivity index (χ2v) is 4.62. The number of benzene rings is 1. The summed E-state index contributed by atoms with van der Waals surface area (Å²) in [5, 5.41) is 13.9. The molecule has 0 aliphatic rings. The third-order valence-corrected chi connectivity index (χ3v) is 2.63. The predicted octanol–water partition coefficient (Wildman–Crippen LogP) is 2.70. The normalized spacial score (nSPS) is 11.1. The van der Waals surface area contributed by atoms with Crippen LogP contribution in [0.4, 0.5) is 0 Å². The van der Waals surface area contributed by atoms with Crippen molar-refractivity contribution in [1.82, 2.24) is 9.78 Å². The zero-order chi connectivity index (χ0) is 12.3.